The maximum Gasteiger partial charge on any atom is 0.0534 e. The largest absolute Gasteiger partial charge is 0.381 e. The highest BCUT2D eigenvalue weighted by Crippen LogP contribution is 2.26. The third kappa shape index (κ3) is 4.37. The predicted molar refractivity (Wildman–Crippen MR) is 99.8 cm³/mol. The van der Waals surface area contributed by atoms with Crippen LogP contribution in [-0.2, 0) is 29.6 Å². The van der Waals surface area contributed by atoms with E-state index in [1.54, 1.807) is 0 Å². The van der Waals surface area contributed by atoms with E-state index >= 15 is 0 Å². The summed E-state index contributed by atoms with van der Waals surface area (Å²) in [6, 6.07) is 4.89. The molecule has 6 nitrogen and oxygen atoms in total. The first kappa shape index (κ1) is 17.8. The molecule has 2 aliphatic rings. The SMILES string of the molecule is Cn1cc(CN2Cc3cccn3[C@@H](CCOCC3CCOCC3)C2)cn1. The van der Waals surface area contributed by atoms with Crippen LogP contribution in [0.3, 0.4) is 0 Å². The Morgan fingerprint density at radius 1 is 1.31 bits per heavy atom. The van der Waals surface area contributed by atoms with Crippen LogP contribution in [0.5, 0.6) is 0 Å². The summed E-state index contributed by atoms with van der Waals surface area (Å²) in [5.41, 5.74) is 2.68. The van der Waals surface area contributed by atoms with E-state index in [0.29, 0.717) is 12.0 Å². The Morgan fingerprint density at radius 2 is 2.19 bits per heavy atom. The average Bonchev–Trinajstić information content (AvgIpc) is 3.28. The molecule has 1 atom stereocenters. The van der Waals surface area contributed by atoms with Crippen molar-refractivity contribution in [2.75, 3.05) is 33.0 Å². The molecule has 142 valence electrons. The Balaban J connectivity index is 1.29. The topological polar surface area (TPSA) is 44.5 Å². The molecule has 0 unspecified atom stereocenters. The van der Waals surface area contributed by atoms with E-state index in [-0.39, 0.29) is 0 Å². The number of fused-ring (bicyclic) bond motifs is 1. The molecule has 4 rings (SSSR count). The molecule has 0 radical (unpaired) electrons. The highest BCUT2D eigenvalue weighted by atomic mass is 16.5. The van der Waals surface area contributed by atoms with Gasteiger partial charge in [0.15, 0.2) is 0 Å². The minimum atomic E-state index is 0.486. The fourth-order valence-electron chi connectivity index (χ4n) is 4.14. The summed E-state index contributed by atoms with van der Waals surface area (Å²) in [5.74, 6) is 0.680. The molecule has 0 aromatic carbocycles. The second kappa shape index (κ2) is 8.37. The van der Waals surface area contributed by atoms with Crippen molar-refractivity contribution in [3.05, 3.63) is 42.0 Å². The quantitative estimate of drug-likeness (QED) is 0.714. The average molecular weight is 358 g/mol. The minimum absolute atomic E-state index is 0.486. The molecule has 1 fully saturated rings. The van der Waals surface area contributed by atoms with Gasteiger partial charge in [0, 0.05) is 82.8 Å². The van der Waals surface area contributed by atoms with Crippen LogP contribution in [0.2, 0.25) is 0 Å². The number of ether oxygens (including phenoxy) is 2. The van der Waals surface area contributed by atoms with E-state index in [1.165, 1.54) is 11.3 Å². The van der Waals surface area contributed by atoms with Crippen LogP contribution in [0, 0.1) is 5.92 Å². The van der Waals surface area contributed by atoms with Crippen LogP contribution in [-0.4, -0.2) is 52.2 Å². The first-order chi connectivity index (χ1) is 12.8. The highest BCUT2D eigenvalue weighted by Gasteiger charge is 2.24. The molecule has 0 bridgehead atoms. The Morgan fingerprint density at radius 3 is 3.00 bits per heavy atom. The molecular weight excluding hydrogens is 328 g/mol. The maximum absolute atomic E-state index is 6.02. The van der Waals surface area contributed by atoms with Gasteiger partial charge >= 0.3 is 0 Å². The monoisotopic (exact) mass is 358 g/mol. The Labute approximate surface area is 155 Å². The van der Waals surface area contributed by atoms with Gasteiger partial charge in [-0.1, -0.05) is 0 Å². The summed E-state index contributed by atoms with van der Waals surface area (Å²) in [6.45, 7) is 6.53. The third-order valence-corrected chi connectivity index (χ3v) is 5.57. The summed E-state index contributed by atoms with van der Waals surface area (Å²) in [6.07, 6.45) is 9.65. The van der Waals surface area contributed by atoms with Crippen LogP contribution in [0.4, 0.5) is 0 Å². The van der Waals surface area contributed by atoms with Gasteiger partial charge in [-0.05, 0) is 37.3 Å². The second-order valence-electron chi connectivity index (χ2n) is 7.67. The van der Waals surface area contributed by atoms with Crippen LogP contribution in [0.15, 0.2) is 30.7 Å². The van der Waals surface area contributed by atoms with Crippen LogP contribution >= 0.6 is 0 Å². The van der Waals surface area contributed by atoms with Crippen molar-refractivity contribution in [3.63, 3.8) is 0 Å². The summed E-state index contributed by atoms with van der Waals surface area (Å²) < 4.78 is 15.8. The summed E-state index contributed by atoms with van der Waals surface area (Å²) >= 11 is 0. The van der Waals surface area contributed by atoms with E-state index < -0.39 is 0 Å². The summed E-state index contributed by atoms with van der Waals surface area (Å²) in [7, 11) is 1.98. The van der Waals surface area contributed by atoms with Crippen molar-refractivity contribution in [1.29, 1.82) is 0 Å². The van der Waals surface area contributed by atoms with Crippen molar-refractivity contribution in [1.82, 2.24) is 19.2 Å². The molecule has 0 saturated carbocycles. The molecule has 1 saturated heterocycles. The minimum Gasteiger partial charge on any atom is -0.381 e. The lowest BCUT2D eigenvalue weighted by molar-refractivity contribution is 0.0160. The van der Waals surface area contributed by atoms with Crippen molar-refractivity contribution < 1.29 is 9.47 Å². The van der Waals surface area contributed by atoms with Crippen molar-refractivity contribution in [2.24, 2.45) is 13.0 Å². The zero-order valence-electron chi connectivity index (χ0n) is 15.7. The second-order valence-corrected chi connectivity index (χ2v) is 7.67. The van der Waals surface area contributed by atoms with E-state index in [4.69, 9.17) is 9.47 Å². The van der Waals surface area contributed by atoms with Gasteiger partial charge in [-0.15, -0.1) is 0 Å². The Kier molecular flexibility index (Phi) is 5.72. The number of aromatic nitrogens is 3. The highest BCUT2D eigenvalue weighted by molar-refractivity contribution is 5.12. The number of hydrogen-bond donors (Lipinski definition) is 0. The lowest BCUT2D eigenvalue weighted by atomic mass is 10.0. The molecule has 2 aliphatic heterocycles. The van der Waals surface area contributed by atoms with Gasteiger partial charge in [0.2, 0.25) is 0 Å². The first-order valence-corrected chi connectivity index (χ1v) is 9.79. The van der Waals surface area contributed by atoms with Crippen LogP contribution in [0.25, 0.3) is 0 Å². The molecule has 0 spiro atoms. The molecule has 4 heterocycles. The molecule has 26 heavy (non-hydrogen) atoms. The Bertz CT molecular complexity index is 690. The normalized spacial score (nSPS) is 21.8. The van der Waals surface area contributed by atoms with E-state index in [1.807, 2.05) is 17.9 Å². The molecule has 2 aromatic rings. The van der Waals surface area contributed by atoms with Gasteiger partial charge < -0.3 is 14.0 Å². The molecule has 6 heteroatoms. The van der Waals surface area contributed by atoms with Gasteiger partial charge in [-0.2, -0.15) is 5.10 Å². The first-order valence-electron chi connectivity index (χ1n) is 9.79. The fraction of sp³-hybridized carbons (Fsp3) is 0.650. The molecule has 2 aromatic heterocycles. The Hall–Kier alpha value is -1.63. The lowest BCUT2D eigenvalue weighted by Crippen LogP contribution is -2.37. The lowest BCUT2D eigenvalue weighted by Gasteiger charge is -2.35. The fourth-order valence-corrected chi connectivity index (χ4v) is 4.14. The number of aryl methyl sites for hydroxylation is 1. The molecule has 0 N–H and O–H groups in total. The molecule has 0 aliphatic carbocycles. The zero-order valence-corrected chi connectivity index (χ0v) is 15.7. The van der Waals surface area contributed by atoms with Crippen molar-refractivity contribution in [3.8, 4) is 0 Å². The smallest absolute Gasteiger partial charge is 0.0534 e. The predicted octanol–water partition coefficient (Wildman–Crippen LogP) is 2.61. The van der Waals surface area contributed by atoms with E-state index in [2.05, 4.69) is 39.1 Å². The van der Waals surface area contributed by atoms with E-state index in [0.717, 1.165) is 65.3 Å². The van der Waals surface area contributed by atoms with Crippen molar-refractivity contribution in [2.45, 2.75) is 38.4 Å². The summed E-state index contributed by atoms with van der Waals surface area (Å²) in [4.78, 5) is 2.52. The van der Waals surface area contributed by atoms with E-state index in [9.17, 15) is 0 Å². The maximum atomic E-state index is 6.02. The number of nitrogens with zero attached hydrogens (tertiary/aromatic N) is 4. The molecule has 0 amide bonds. The standard InChI is InChI=1S/C20H30N4O2/c1-22-12-18(11-21-22)13-23-14-19-3-2-7-24(19)20(15-23)6-10-26-16-17-4-8-25-9-5-17/h2-3,7,11-12,17,20H,4-6,8-10,13-16H2,1H3/t20-/m0/s1. The third-order valence-electron chi connectivity index (χ3n) is 5.57. The van der Waals surface area contributed by atoms with Gasteiger partial charge in [0.05, 0.1) is 6.20 Å². The number of hydrogen-bond acceptors (Lipinski definition) is 4. The van der Waals surface area contributed by atoms with Crippen LogP contribution < -0.4 is 0 Å². The van der Waals surface area contributed by atoms with Crippen molar-refractivity contribution >= 4 is 0 Å². The van der Waals surface area contributed by atoms with Gasteiger partial charge in [0.25, 0.3) is 0 Å². The van der Waals surface area contributed by atoms with Gasteiger partial charge in [-0.3, -0.25) is 9.58 Å². The van der Waals surface area contributed by atoms with Gasteiger partial charge in [0.1, 0.15) is 0 Å². The molecular formula is C20H30N4O2. The van der Waals surface area contributed by atoms with Crippen LogP contribution in [0.1, 0.15) is 36.6 Å². The zero-order chi connectivity index (χ0) is 17.8. The summed E-state index contributed by atoms with van der Waals surface area (Å²) in [5, 5.41) is 4.30. The number of rotatable bonds is 7. The van der Waals surface area contributed by atoms with Gasteiger partial charge in [-0.25, -0.2) is 0 Å².